The van der Waals surface area contributed by atoms with E-state index < -0.39 is 12.4 Å². The molecule has 2 fully saturated rings. The Kier molecular flexibility index (Phi) is 15.9. The average molecular weight is 535 g/mol. The summed E-state index contributed by atoms with van der Waals surface area (Å²) < 4.78 is 24.4. The van der Waals surface area contributed by atoms with Crippen molar-refractivity contribution >= 4 is 0 Å². The van der Waals surface area contributed by atoms with Gasteiger partial charge in [0.05, 0.1) is 32.0 Å². The van der Waals surface area contributed by atoms with E-state index >= 15 is 0 Å². The van der Waals surface area contributed by atoms with Crippen molar-refractivity contribution in [1.82, 2.24) is 9.78 Å². The largest absolute Gasteiger partial charge is 0.488 e. The zero-order valence-corrected chi connectivity index (χ0v) is 24.5. The molecule has 0 bridgehead atoms. The van der Waals surface area contributed by atoms with Crippen molar-refractivity contribution in [2.75, 3.05) is 19.8 Å². The van der Waals surface area contributed by atoms with Crippen LogP contribution in [0.25, 0.3) is 0 Å². The van der Waals surface area contributed by atoms with Gasteiger partial charge >= 0.3 is 0 Å². The molecule has 0 amide bonds. The molecule has 0 aliphatic carbocycles. The van der Waals surface area contributed by atoms with Crippen molar-refractivity contribution in [2.45, 2.75) is 105 Å². The summed E-state index contributed by atoms with van der Waals surface area (Å²) in [6.45, 7) is 23.0. The Bertz CT molecular complexity index is 899. The fourth-order valence-corrected chi connectivity index (χ4v) is 4.03. The SMILES string of the molecule is C=C/C(C)=C\C=C(/C=C)OC1CCOC1.CC.CCc1c(OC2CC(O)CC(CO)O2)nn(C(C)C)c1C. The maximum atomic E-state index is 9.84. The maximum Gasteiger partial charge on any atom is 0.238 e. The summed E-state index contributed by atoms with van der Waals surface area (Å²) >= 11 is 0. The van der Waals surface area contributed by atoms with Gasteiger partial charge in [-0.2, -0.15) is 0 Å². The second-order valence-corrected chi connectivity index (χ2v) is 9.37. The molecule has 2 N–H and O–H groups in total. The number of hydrogen-bond acceptors (Lipinski definition) is 7. The number of rotatable bonds is 10. The van der Waals surface area contributed by atoms with Gasteiger partial charge in [-0.25, -0.2) is 0 Å². The lowest BCUT2D eigenvalue weighted by atomic mass is 10.1. The molecular formula is C30H50N2O6. The van der Waals surface area contributed by atoms with Crippen molar-refractivity contribution in [3.8, 4) is 5.88 Å². The lowest BCUT2D eigenvalue weighted by Gasteiger charge is -2.31. The molecule has 8 nitrogen and oxygen atoms in total. The Morgan fingerprint density at radius 2 is 1.92 bits per heavy atom. The molecule has 4 unspecified atom stereocenters. The highest BCUT2D eigenvalue weighted by Crippen LogP contribution is 2.28. The molecule has 3 rings (SSSR count). The molecule has 4 atom stereocenters. The van der Waals surface area contributed by atoms with E-state index in [1.54, 1.807) is 12.2 Å². The minimum atomic E-state index is -0.564. The number of allylic oxidation sites excluding steroid dienone is 5. The molecule has 2 aliphatic rings. The van der Waals surface area contributed by atoms with Crippen LogP contribution in [0, 0.1) is 6.92 Å². The first kappa shape index (κ1) is 33.6. The highest BCUT2D eigenvalue weighted by molar-refractivity contribution is 5.31. The number of aliphatic hydroxyl groups is 2. The molecule has 38 heavy (non-hydrogen) atoms. The number of ether oxygens (including phenoxy) is 4. The van der Waals surface area contributed by atoms with Crippen LogP contribution in [0.3, 0.4) is 0 Å². The Labute approximate surface area is 229 Å². The van der Waals surface area contributed by atoms with Crippen molar-refractivity contribution in [2.24, 2.45) is 0 Å². The van der Waals surface area contributed by atoms with Crippen LogP contribution in [0.4, 0.5) is 0 Å². The van der Waals surface area contributed by atoms with E-state index in [1.165, 1.54) is 0 Å². The zero-order valence-electron chi connectivity index (χ0n) is 24.5. The van der Waals surface area contributed by atoms with Gasteiger partial charge < -0.3 is 29.2 Å². The Morgan fingerprint density at radius 3 is 2.45 bits per heavy atom. The van der Waals surface area contributed by atoms with Crippen LogP contribution in [-0.4, -0.2) is 64.4 Å². The van der Waals surface area contributed by atoms with E-state index in [-0.39, 0.29) is 24.9 Å². The summed E-state index contributed by atoms with van der Waals surface area (Å²) in [6.07, 6.45) is 8.71. The molecule has 1 aromatic heterocycles. The van der Waals surface area contributed by atoms with Crippen LogP contribution >= 0.6 is 0 Å². The Hall–Kier alpha value is -2.39. The summed E-state index contributed by atoms with van der Waals surface area (Å²) in [7, 11) is 0. The molecular weight excluding hydrogens is 484 g/mol. The van der Waals surface area contributed by atoms with Gasteiger partial charge in [0.15, 0.2) is 0 Å². The summed E-state index contributed by atoms with van der Waals surface area (Å²) in [6, 6.07) is 0.260. The van der Waals surface area contributed by atoms with Crippen LogP contribution in [0.15, 0.2) is 48.8 Å². The van der Waals surface area contributed by atoms with Crippen molar-refractivity contribution in [1.29, 1.82) is 0 Å². The summed E-state index contributed by atoms with van der Waals surface area (Å²) in [5.41, 5.74) is 3.26. The van der Waals surface area contributed by atoms with Gasteiger partial charge in [-0.1, -0.05) is 51.7 Å². The van der Waals surface area contributed by atoms with Gasteiger partial charge in [0.1, 0.15) is 11.9 Å². The zero-order chi connectivity index (χ0) is 28.7. The van der Waals surface area contributed by atoms with Crippen molar-refractivity contribution < 1.29 is 29.2 Å². The second-order valence-electron chi connectivity index (χ2n) is 9.37. The normalized spacial score (nSPS) is 23.6. The molecule has 0 aromatic carbocycles. The highest BCUT2D eigenvalue weighted by Gasteiger charge is 2.31. The molecule has 0 saturated carbocycles. The first-order valence-electron chi connectivity index (χ1n) is 13.8. The van der Waals surface area contributed by atoms with Gasteiger partial charge in [0, 0.05) is 36.6 Å². The lowest BCUT2D eigenvalue weighted by molar-refractivity contribution is -0.186. The molecule has 216 valence electrons. The second kappa shape index (κ2) is 18.0. The highest BCUT2D eigenvalue weighted by atomic mass is 16.7. The van der Waals surface area contributed by atoms with E-state index in [0.29, 0.717) is 25.3 Å². The predicted octanol–water partition coefficient (Wildman–Crippen LogP) is 5.59. The van der Waals surface area contributed by atoms with E-state index in [0.717, 1.165) is 42.0 Å². The van der Waals surface area contributed by atoms with Crippen molar-refractivity contribution in [3.63, 3.8) is 0 Å². The monoisotopic (exact) mass is 534 g/mol. The first-order valence-corrected chi connectivity index (χ1v) is 13.8. The van der Waals surface area contributed by atoms with E-state index in [1.807, 2.05) is 44.5 Å². The van der Waals surface area contributed by atoms with Crippen LogP contribution in [0.2, 0.25) is 0 Å². The third-order valence-electron chi connectivity index (χ3n) is 6.09. The topological polar surface area (TPSA) is 95.2 Å². The van der Waals surface area contributed by atoms with Crippen LogP contribution in [0.1, 0.15) is 78.1 Å². The van der Waals surface area contributed by atoms with Gasteiger partial charge in [0.2, 0.25) is 12.2 Å². The van der Waals surface area contributed by atoms with E-state index in [2.05, 4.69) is 39.0 Å². The van der Waals surface area contributed by atoms with Gasteiger partial charge in [-0.05, 0) is 46.3 Å². The molecule has 1 aromatic rings. The number of aromatic nitrogens is 2. The summed E-state index contributed by atoms with van der Waals surface area (Å²) in [5.74, 6) is 1.35. The minimum Gasteiger partial charge on any atom is -0.488 e. The third-order valence-corrected chi connectivity index (χ3v) is 6.09. The molecule has 0 radical (unpaired) electrons. The quantitative estimate of drug-likeness (QED) is 0.298. The van der Waals surface area contributed by atoms with E-state index in [9.17, 15) is 10.2 Å². The molecule has 2 saturated heterocycles. The standard InChI is InChI=1S/C15H26N2O4.C13H18O2.C2H6/c1-5-13-10(4)17(9(2)3)16-15(13)21-14-7-11(19)6-12(8-18)20-14;1-4-11(3)6-7-12(5-2)15-13-8-9-14-10-13;1-2/h9,11-12,14,18-19H,5-8H2,1-4H3;4-7,13H,1-2,8-10H2,3H3;1-2H3/b;11-6-,12-7+;. The number of hydrogen-bond donors (Lipinski definition) is 2. The maximum absolute atomic E-state index is 9.84. The van der Waals surface area contributed by atoms with Crippen molar-refractivity contribution in [3.05, 3.63) is 60.1 Å². The first-order chi connectivity index (χ1) is 18.2. The third kappa shape index (κ3) is 10.8. The summed E-state index contributed by atoms with van der Waals surface area (Å²) in [5, 5.41) is 23.6. The fraction of sp³-hybridized carbons (Fsp3) is 0.633. The predicted molar refractivity (Wildman–Crippen MR) is 152 cm³/mol. The van der Waals surface area contributed by atoms with Gasteiger partial charge in [0.25, 0.3) is 0 Å². The van der Waals surface area contributed by atoms with Crippen LogP contribution in [0.5, 0.6) is 5.88 Å². The summed E-state index contributed by atoms with van der Waals surface area (Å²) in [4.78, 5) is 0. The Balaban J connectivity index is 0.000000375. The van der Waals surface area contributed by atoms with E-state index in [4.69, 9.17) is 18.9 Å². The number of aliphatic hydroxyl groups excluding tert-OH is 2. The molecule has 0 spiro atoms. The minimum absolute atomic E-state index is 0.114. The fourth-order valence-electron chi connectivity index (χ4n) is 4.03. The van der Waals surface area contributed by atoms with Gasteiger partial charge in [-0.3, -0.25) is 4.68 Å². The average Bonchev–Trinajstić information content (AvgIpc) is 3.54. The van der Waals surface area contributed by atoms with Gasteiger partial charge in [-0.15, -0.1) is 5.10 Å². The van der Waals surface area contributed by atoms with Crippen LogP contribution in [-0.2, 0) is 20.6 Å². The molecule has 2 aliphatic heterocycles. The van der Waals surface area contributed by atoms with Crippen LogP contribution < -0.4 is 4.74 Å². The number of nitrogens with zero attached hydrogens (tertiary/aromatic N) is 2. The lowest BCUT2D eigenvalue weighted by Crippen LogP contribution is -2.40. The Morgan fingerprint density at radius 1 is 1.21 bits per heavy atom. The smallest absolute Gasteiger partial charge is 0.238 e. The molecule has 3 heterocycles. The molecule has 8 heteroatoms.